The second-order valence-electron chi connectivity index (χ2n) is 8.12. The predicted molar refractivity (Wildman–Crippen MR) is 123 cm³/mol. The zero-order valence-corrected chi connectivity index (χ0v) is 19.4. The first-order valence-corrected chi connectivity index (χ1v) is 13.1. The van der Waals surface area contributed by atoms with Crippen molar-refractivity contribution in [2.75, 3.05) is 24.1 Å². The molecule has 0 aliphatic heterocycles. The molecule has 0 radical (unpaired) electrons. The Bertz CT molecular complexity index is 614. The Hall–Kier alpha value is -1.07. The minimum absolute atomic E-state index is 0.629. The number of benzene rings is 1. The predicted octanol–water partition coefficient (Wildman–Crippen LogP) is 5.84. The summed E-state index contributed by atoms with van der Waals surface area (Å²) in [5, 5.41) is 0. The molecule has 1 rings (SSSR count). The molecule has 0 saturated heterocycles. The zero-order chi connectivity index (χ0) is 20.8. The van der Waals surface area contributed by atoms with Crippen molar-refractivity contribution in [2.45, 2.75) is 91.0 Å². The van der Waals surface area contributed by atoms with Crippen molar-refractivity contribution in [3.05, 3.63) is 29.8 Å². The van der Waals surface area contributed by atoms with Gasteiger partial charge in [-0.2, -0.15) is 0 Å². The molecule has 162 valence electrons. The van der Waals surface area contributed by atoms with Gasteiger partial charge in [0.25, 0.3) is 0 Å². The van der Waals surface area contributed by atoms with Gasteiger partial charge in [0, 0.05) is 11.7 Å². The van der Waals surface area contributed by atoms with E-state index in [1.807, 2.05) is 24.3 Å². The molecule has 1 unspecified atom stereocenters. The molecule has 4 nitrogen and oxygen atoms in total. The molecular weight excluding hydrogens is 368 g/mol. The van der Waals surface area contributed by atoms with Crippen LogP contribution < -0.4 is 4.72 Å². The smallest absolute Gasteiger partial charge is 0.229 e. The van der Waals surface area contributed by atoms with Gasteiger partial charge in [-0.05, 0) is 69.8 Å². The number of sulfonamides is 1. The third kappa shape index (κ3) is 11.7. The summed E-state index contributed by atoms with van der Waals surface area (Å²) in [7, 11) is -3.20. The molecule has 0 spiro atoms. The van der Waals surface area contributed by atoms with E-state index < -0.39 is 10.0 Å². The van der Waals surface area contributed by atoms with Crippen LogP contribution in [0.5, 0.6) is 0 Å². The monoisotopic (exact) mass is 410 g/mol. The molecule has 28 heavy (non-hydrogen) atoms. The van der Waals surface area contributed by atoms with Gasteiger partial charge < -0.3 is 4.90 Å². The highest BCUT2D eigenvalue weighted by Gasteiger charge is 2.13. The maximum absolute atomic E-state index is 11.3. The zero-order valence-electron chi connectivity index (χ0n) is 18.5. The van der Waals surface area contributed by atoms with Crippen LogP contribution in [0.1, 0.15) is 84.1 Å². The van der Waals surface area contributed by atoms with Crippen LogP contribution in [0.15, 0.2) is 24.3 Å². The van der Waals surface area contributed by atoms with Crippen LogP contribution in [0.25, 0.3) is 0 Å². The van der Waals surface area contributed by atoms with E-state index in [9.17, 15) is 8.42 Å². The molecule has 0 saturated carbocycles. The van der Waals surface area contributed by atoms with Crippen LogP contribution in [0.2, 0.25) is 0 Å². The van der Waals surface area contributed by atoms with E-state index >= 15 is 0 Å². The van der Waals surface area contributed by atoms with Crippen molar-refractivity contribution >= 4 is 15.7 Å². The molecule has 0 aliphatic rings. The lowest BCUT2D eigenvalue weighted by atomic mass is 10.0. The van der Waals surface area contributed by atoms with Crippen molar-refractivity contribution in [2.24, 2.45) is 0 Å². The van der Waals surface area contributed by atoms with Crippen LogP contribution >= 0.6 is 0 Å². The number of rotatable bonds is 16. The molecule has 0 aromatic heterocycles. The lowest BCUT2D eigenvalue weighted by Gasteiger charge is -2.29. The highest BCUT2D eigenvalue weighted by atomic mass is 32.2. The normalized spacial score (nSPS) is 13.0. The van der Waals surface area contributed by atoms with Crippen molar-refractivity contribution in [3.63, 3.8) is 0 Å². The van der Waals surface area contributed by atoms with Crippen LogP contribution in [-0.4, -0.2) is 38.7 Å². The van der Waals surface area contributed by atoms with E-state index in [1.165, 1.54) is 82.7 Å². The van der Waals surface area contributed by atoms with Crippen molar-refractivity contribution < 1.29 is 8.42 Å². The van der Waals surface area contributed by atoms with Gasteiger partial charge in [0.05, 0.1) is 6.26 Å². The topological polar surface area (TPSA) is 49.4 Å². The highest BCUT2D eigenvalue weighted by Crippen LogP contribution is 2.16. The van der Waals surface area contributed by atoms with E-state index in [1.54, 1.807) is 0 Å². The van der Waals surface area contributed by atoms with Gasteiger partial charge in [-0.15, -0.1) is 0 Å². The Morgan fingerprint density at radius 1 is 0.893 bits per heavy atom. The van der Waals surface area contributed by atoms with Gasteiger partial charge in [0.15, 0.2) is 0 Å². The van der Waals surface area contributed by atoms with Gasteiger partial charge in [-0.3, -0.25) is 4.72 Å². The Balaban J connectivity index is 2.40. The third-order valence-electron chi connectivity index (χ3n) is 5.32. The van der Waals surface area contributed by atoms with Crippen LogP contribution in [0.4, 0.5) is 5.69 Å². The number of nitrogens with one attached hydrogen (secondary N) is 1. The van der Waals surface area contributed by atoms with Crippen molar-refractivity contribution in [3.8, 4) is 0 Å². The minimum Gasteiger partial charge on any atom is -0.301 e. The molecule has 0 amide bonds. The van der Waals surface area contributed by atoms with Gasteiger partial charge in [-0.25, -0.2) is 8.42 Å². The van der Waals surface area contributed by atoms with Crippen molar-refractivity contribution in [1.82, 2.24) is 4.90 Å². The van der Waals surface area contributed by atoms with Gasteiger partial charge in [0.1, 0.15) is 0 Å². The average molecular weight is 411 g/mol. The summed E-state index contributed by atoms with van der Waals surface area (Å²) in [5.41, 5.74) is 1.90. The fourth-order valence-corrected chi connectivity index (χ4v) is 4.13. The van der Waals surface area contributed by atoms with E-state index in [0.717, 1.165) is 6.42 Å². The summed E-state index contributed by atoms with van der Waals surface area (Å²) < 4.78 is 25.1. The first-order valence-electron chi connectivity index (χ1n) is 11.2. The Morgan fingerprint density at radius 2 is 1.50 bits per heavy atom. The average Bonchev–Trinajstić information content (AvgIpc) is 2.64. The molecule has 0 fully saturated rings. The van der Waals surface area contributed by atoms with E-state index in [-0.39, 0.29) is 0 Å². The molecule has 0 bridgehead atoms. The van der Waals surface area contributed by atoms with E-state index in [0.29, 0.717) is 11.7 Å². The molecular formula is C23H42N2O2S. The summed E-state index contributed by atoms with van der Waals surface area (Å²) in [6, 6.07) is 8.39. The molecule has 5 heteroatoms. The summed E-state index contributed by atoms with van der Waals surface area (Å²) in [5.74, 6) is 0. The fourth-order valence-electron chi connectivity index (χ4n) is 3.57. The molecule has 1 N–H and O–H groups in total. The minimum atomic E-state index is -3.20. The van der Waals surface area contributed by atoms with E-state index in [4.69, 9.17) is 0 Å². The molecule has 0 aliphatic carbocycles. The molecule has 1 aromatic rings. The number of hydrogen-bond donors (Lipinski definition) is 1. The molecule has 0 heterocycles. The standard InChI is InChI=1S/C23H42N2O2S/c1-5-7-9-10-11-20-25(19-8-6-2)21(3)13-12-14-22-15-17-23(18-16-22)24-28(4,26)27/h15-18,21,24H,5-14,19-20H2,1-4H3. The number of hydrogen-bond acceptors (Lipinski definition) is 3. The first kappa shape index (κ1) is 25.0. The highest BCUT2D eigenvalue weighted by molar-refractivity contribution is 7.92. The molecule has 1 aromatic carbocycles. The largest absolute Gasteiger partial charge is 0.301 e. The summed E-state index contributed by atoms with van der Waals surface area (Å²) in [6.45, 7) is 9.37. The number of unbranched alkanes of at least 4 members (excludes halogenated alkanes) is 5. The quantitative estimate of drug-likeness (QED) is 0.348. The second kappa shape index (κ2) is 14.0. The van der Waals surface area contributed by atoms with Gasteiger partial charge >= 0.3 is 0 Å². The fraction of sp³-hybridized carbons (Fsp3) is 0.739. The Labute approximate surface area is 174 Å². The maximum atomic E-state index is 11.3. The third-order valence-corrected chi connectivity index (χ3v) is 5.92. The van der Waals surface area contributed by atoms with Crippen LogP contribution in [-0.2, 0) is 16.4 Å². The summed E-state index contributed by atoms with van der Waals surface area (Å²) in [4.78, 5) is 2.69. The Kier molecular flexibility index (Phi) is 12.5. The second-order valence-corrected chi connectivity index (χ2v) is 9.86. The van der Waals surface area contributed by atoms with Crippen LogP contribution in [0, 0.1) is 0 Å². The summed E-state index contributed by atoms with van der Waals surface area (Å²) >= 11 is 0. The SMILES string of the molecule is CCCCCCCN(CCCC)C(C)CCCc1ccc(NS(C)(=O)=O)cc1. The summed E-state index contributed by atoms with van der Waals surface area (Å²) in [6.07, 6.45) is 13.9. The van der Waals surface area contributed by atoms with Gasteiger partial charge in [-0.1, -0.05) is 58.1 Å². The number of nitrogens with zero attached hydrogens (tertiary/aromatic N) is 1. The lowest BCUT2D eigenvalue weighted by Crippen LogP contribution is -2.35. The van der Waals surface area contributed by atoms with Crippen LogP contribution in [0.3, 0.4) is 0 Å². The van der Waals surface area contributed by atoms with E-state index in [2.05, 4.69) is 30.4 Å². The van der Waals surface area contributed by atoms with Gasteiger partial charge in [0.2, 0.25) is 10.0 Å². The number of aryl methyl sites for hydroxylation is 1. The first-order chi connectivity index (χ1) is 13.4. The number of anilines is 1. The maximum Gasteiger partial charge on any atom is 0.229 e. The Morgan fingerprint density at radius 3 is 2.11 bits per heavy atom. The lowest BCUT2D eigenvalue weighted by molar-refractivity contribution is 0.190. The molecule has 1 atom stereocenters. The van der Waals surface area contributed by atoms with Crippen molar-refractivity contribution in [1.29, 1.82) is 0 Å².